The average molecular weight is 531 g/mol. The fourth-order valence-corrected chi connectivity index (χ4v) is 4.19. The number of nitrogens with zero attached hydrogens (tertiary/aromatic N) is 4. The van der Waals surface area contributed by atoms with Crippen molar-refractivity contribution < 1.29 is 9.18 Å². The van der Waals surface area contributed by atoms with Gasteiger partial charge in [-0.05, 0) is 54.0 Å². The van der Waals surface area contributed by atoms with Crippen molar-refractivity contribution in [3.63, 3.8) is 0 Å². The van der Waals surface area contributed by atoms with Gasteiger partial charge in [-0.15, -0.1) is 6.42 Å². The normalized spacial score (nSPS) is 12.0. The summed E-state index contributed by atoms with van der Waals surface area (Å²) in [6.45, 7) is 5.31. The third kappa shape index (κ3) is 8.16. The lowest BCUT2D eigenvalue weighted by Gasteiger charge is -2.32. The van der Waals surface area contributed by atoms with Crippen LogP contribution in [-0.2, 0) is 17.8 Å². The van der Waals surface area contributed by atoms with Gasteiger partial charge in [-0.1, -0.05) is 44.4 Å². The molecular formula is C29H31FN6OS. The Morgan fingerprint density at radius 2 is 2.05 bits per heavy atom. The van der Waals surface area contributed by atoms with Gasteiger partial charge in [0.15, 0.2) is 5.11 Å². The van der Waals surface area contributed by atoms with E-state index in [9.17, 15) is 9.18 Å². The van der Waals surface area contributed by atoms with Gasteiger partial charge in [0.25, 0.3) is 0 Å². The first-order valence-electron chi connectivity index (χ1n) is 12.3. The molecular weight excluding hydrogens is 499 g/mol. The molecule has 2 atom stereocenters. The van der Waals surface area contributed by atoms with Gasteiger partial charge < -0.3 is 20.1 Å². The first-order valence-corrected chi connectivity index (χ1v) is 12.8. The fraction of sp³-hybridized carbons (Fsp3) is 0.310. The van der Waals surface area contributed by atoms with Crippen LogP contribution in [0.15, 0.2) is 61.1 Å². The highest BCUT2D eigenvalue weighted by Crippen LogP contribution is 2.14. The van der Waals surface area contributed by atoms with Gasteiger partial charge >= 0.3 is 0 Å². The van der Waals surface area contributed by atoms with E-state index in [0.717, 1.165) is 17.7 Å². The fourth-order valence-electron chi connectivity index (χ4n) is 3.93. The van der Waals surface area contributed by atoms with E-state index < -0.39 is 0 Å². The summed E-state index contributed by atoms with van der Waals surface area (Å²) in [7, 11) is 0. The summed E-state index contributed by atoms with van der Waals surface area (Å²) < 4.78 is 15.5. The van der Waals surface area contributed by atoms with Crippen molar-refractivity contribution in [2.45, 2.75) is 39.3 Å². The van der Waals surface area contributed by atoms with Crippen LogP contribution < -0.4 is 10.6 Å². The zero-order valence-corrected chi connectivity index (χ0v) is 22.3. The summed E-state index contributed by atoms with van der Waals surface area (Å²) in [5.41, 5.74) is 2.90. The number of nitriles is 1. The molecule has 1 heterocycles. The highest BCUT2D eigenvalue weighted by molar-refractivity contribution is 7.80. The van der Waals surface area contributed by atoms with Crippen LogP contribution in [0.1, 0.15) is 37.1 Å². The van der Waals surface area contributed by atoms with Crippen molar-refractivity contribution in [3.8, 4) is 18.4 Å². The zero-order valence-electron chi connectivity index (χ0n) is 21.5. The molecule has 1 aromatic heterocycles. The number of carbonyl (C=O) groups excluding carboxylic acids is 1. The topological polar surface area (TPSA) is 86.0 Å². The Bertz CT molecular complexity index is 1320. The number of nitrogens with one attached hydrogen (secondary N) is 2. The minimum Gasteiger partial charge on any atom is -0.351 e. The Morgan fingerprint density at radius 1 is 1.29 bits per heavy atom. The monoisotopic (exact) mass is 530 g/mol. The predicted molar refractivity (Wildman–Crippen MR) is 151 cm³/mol. The van der Waals surface area contributed by atoms with Gasteiger partial charge in [-0.25, -0.2) is 9.37 Å². The van der Waals surface area contributed by atoms with Gasteiger partial charge in [-0.2, -0.15) is 5.26 Å². The van der Waals surface area contributed by atoms with Crippen molar-refractivity contribution in [1.29, 1.82) is 5.26 Å². The lowest BCUT2D eigenvalue weighted by Crippen LogP contribution is -2.50. The molecule has 0 aliphatic carbocycles. The van der Waals surface area contributed by atoms with E-state index in [-0.39, 0.29) is 36.6 Å². The maximum Gasteiger partial charge on any atom is 0.226 e. The van der Waals surface area contributed by atoms with Crippen LogP contribution >= 0.6 is 12.2 Å². The van der Waals surface area contributed by atoms with Crippen molar-refractivity contribution in [2.24, 2.45) is 5.92 Å². The van der Waals surface area contributed by atoms with Crippen molar-refractivity contribution in [3.05, 3.63) is 83.7 Å². The number of thiocarbonyl (C=S) groups is 1. The summed E-state index contributed by atoms with van der Waals surface area (Å²) >= 11 is 5.56. The zero-order chi connectivity index (χ0) is 27.5. The molecule has 2 N–H and O–H groups in total. The second kappa shape index (κ2) is 13.9. The van der Waals surface area contributed by atoms with Crippen LogP contribution in [0.3, 0.4) is 0 Å². The Balaban J connectivity index is 1.67. The molecule has 0 fully saturated rings. The van der Waals surface area contributed by atoms with Crippen LogP contribution in [0.5, 0.6) is 0 Å². The number of amides is 1. The number of hydrogen-bond donors (Lipinski definition) is 2. The average Bonchev–Trinajstić information content (AvgIpc) is 3.33. The van der Waals surface area contributed by atoms with Crippen LogP contribution in [0.25, 0.3) is 0 Å². The van der Waals surface area contributed by atoms with E-state index >= 15 is 0 Å². The standard InChI is InChI=1S/C29H31FN6OS/c1-4-13-35(29(38)33-25-8-6-7-24(30)14-25)19-27(21(3)5-2)34-28(37)15-26-17-32-20-36(26)18-23-11-9-22(16-31)10-12-23/h1,6-12,14,17,20-21,27H,5,13,15,18-19H2,2-3H3,(H,33,38)(H,34,37)/t21-,27+/m0/s1. The van der Waals surface area contributed by atoms with Crippen molar-refractivity contribution >= 4 is 28.9 Å². The molecule has 196 valence electrons. The van der Waals surface area contributed by atoms with E-state index in [1.54, 1.807) is 41.7 Å². The summed E-state index contributed by atoms with van der Waals surface area (Å²) in [4.78, 5) is 19.2. The molecule has 0 saturated carbocycles. The van der Waals surface area contributed by atoms with Crippen LogP contribution in [0.4, 0.5) is 10.1 Å². The largest absolute Gasteiger partial charge is 0.351 e. The number of imidazole rings is 1. The van der Waals surface area contributed by atoms with E-state index in [1.807, 2.05) is 16.7 Å². The number of aromatic nitrogens is 2. The Labute approximate surface area is 228 Å². The van der Waals surface area contributed by atoms with Gasteiger partial charge in [0.2, 0.25) is 5.91 Å². The van der Waals surface area contributed by atoms with Crippen LogP contribution in [-0.4, -0.2) is 44.6 Å². The van der Waals surface area contributed by atoms with Crippen LogP contribution in [0, 0.1) is 35.4 Å². The summed E-state index contributed by atoms with van der Waals surface area (Å²) in [6, 6.07) is 15.2. The lowest BCUT2D eigenvalue weighted by atomic mass is 9.98. The highest BCUT2D eigenvalue weighted by atomic mass is 32.1. The van der Waals surface area contributed by atoms with Gasteiger partial charge in [-0.3, -0.25) is 4.79 Å². The number of anilines is 1. The molecule has 7 nitrogen and oxygen atoms in total. The predicted octanol–water partition coefficient (Wildman–Crippen LogP) is 4.35. The Morgan fingerprint density at radius 3 is 2.71 bits per heavy atom. The second-order valence-corrected chi connectivity index (χ2v) is 9.47. The van der Waals surface area contributed by atoms with E-state index in [2.05, 4.69) is 41.5 Å². The molecule has 0 aliphatic heterocycles. The van der Waals surface area contributed by atoms with Crippen molar-refractivity contribution in [1.82, 2.24) is 19.8 Å². The molecule has 3 aromatic rings. The number of halogens is 1. The lowest BCUT2D eigenvalue weighted by molar-refractivity contribution is -0.121. The maximum absolute atomic E-state index is 13.6. The number of benzene rings is 2. The second-order valence-electron chi connectivity index (χ2n) is 9.08. The molecule has 9 heteroatoms. The minimum atomic E-state index is -0.371. The minimum absolute atomic E-state index is 0.137. The third-order valence-electron chi connectivity index (χ3n) is 6.32. The molecule has 0 aliphatic rings. The molecule has 0 bridgehead atoms. The smallest absolute Gasteiger partial charge is 0.226 e. The summed E-state index contributed by atoms with van der Waals surface area (Å²) in [6.07, 6.45) is 9.98. The molecule has 0 spiro atoms. The van der Waals surface area contributed by atoms with E-state index in [4.69, 9.17) is 23.9 Å². The van der Waals surface area contributed by atoms with Gasteiger partial charge in [0, 0.05) is 36.7 Å². The first kappa shape index (κ1) is 28.4. The highest BCUT2D eigenvalue weighted by Gasteiger charge is 2.23. The molecule has 2 aromatic carbocycles. The molecule has 0 radical (unpaired) electrons. The van der Waals surface area contributed by atoms with Gasteiger partial charge in [0.05, 0.1) is 30.9 Å². The molecule has 0 saturated heterocycles. The van der Waals surface area contributed by atoms with Gasteiger partial charge in [0.1, 0.15) is 5.82 Å². The summed E-state index contributed by atoms with van der Waals surface area (Å²) in [5, 5.41) is 15.6. The number of terminal acetylenes is 1. The Hall–Kier alpha value is -4.21. The van der Waals surface area contributed by atoms with Crippen molar-refractivity contribution in [2.75, 3.05) is 18.4 Å². The quantitative estimate of drug-likeness (QED) is 0.283. The maximum atomic E-state index is 13.6. The number of hydrogen-bond acceptors (Lipinski definition) is 4. The van der Waals surface area contributed by atoms with E-state index in [1.165, 1.54) is 12.1 Å². The molecule has 0 unspecified atom stereocenters. The van der Waals surface area contributed by atoms with Crippen LogP contribution in [0.2, 0.25) is 0 Å². The third-order valence-corrected chi connectivity index (χ3v) is 6.68. The molecule has 3 rings (SSSR count). The van der Waals surface area contributed by atoms with E-state index in [0.29, 0.717) is 29.5 Å². The molecule has 38 heavy (non-hydrogen) atoms. The summed E-state index contributed by atoms with van der Waals surface area (Å²) in [5.74, 6) is 2.26. The SMILES string of the molecule is C#CCN(C[C@@H](NC(=O)Cc1cncn1Cc1ccc(C#N)cc1)[C@@H](C)CC)C(=S)Nc1cccc(F)c1. The Kier molecular flexibility index (Phi) is 10.4. The number of carbonyl (C=O) groups is 1. The number of rotatable bonds is 11. The molecule has 1 amide bonds. The first-order chi connectivity index (χ1) is 18.3.